The molecular weight excluding hydrogens is 261 g/mol. The SMILES string of the molecule is Cc1ccc(C(O)C(F)(F)Br)cc1F. The predicted molar refractivity (Wildman–Crippen MR) is 50.0 cm³/mol. The van der Waals surface area contributed by atoms with E-state index in [4.69, 9.17) is 5.11 Å². The molecule has 0 spiro atoms. The third-order valence-corrected chi connectivity index (χ3v) is 2.26. The van der Waals surface area contributed by atoms with Gasteiger partial charge in [0, 0.05) is 0 Å². The molecule has 0 amide bonds. The van der Waals surface area contributed by atoms with E-state index in [0.29, 0.717) is 5.56 Å². The van der Waals surface area contributed by atoms with E-state index in [1.54, 1.807) is 0 Å². The Morgan fingerprint density at radius 2 is 2.00 bits per heavy atom. The molecule has 1 atom stereocenters. The van der Waals surface area contributed by atoms with Gasteiger partial charge in [-0.25, -0.2) is 4.39 Å². The summed E-state index contributed by atoms with van der Waals surface area (Å²) in [6.45, 7) is 1.51. The monoisotopic (exact) mass is 268 g/mol. The third-order valence-electron chi connectivity index (χ3n) is 1.82. The molecule has 1 aromatic carbocycles. The van der Waals surface area contributed by atoms with Gasteiger partial charge < -0.3 is 5.11 Å². The molecule has 1 N–H and O–H groups in total. The molecule has 0 aliphatic carbocycles. The van der Waals surface area contributed by atoms with Crippen molar-refractivity contribution in [1.82, 2.24) is 0 Å². The summed E-state index contributed by atoms with van der Waals surface area (Å²) in [5, 5.41) is 9.11. The number of halogens is 4. The first-order chi connectivity index (χ1) is 6.32. The Kier molecular flexibility index (Phi) is 3.21. The number of hydrogen-bond acceptors (Lipinski definition) is 1. The normalized spacial score (nSPS) is 14.1. The number of aliphatic hydroxyl groups excluding tert-OH is 1. The molecule has 1 unspecified atom stereocenters. The summed E-state index contributed by atoms with van der Waals surface area (Å²) in [5.41, 5.74) is 0.189. The minimum atomic E-state index is -3.45. The van der Waals surface area contributed by atoms with Crippen LogP contribution in [0.4, 0.5) is 13.2 Å². The van der Waals surface area contributed by atoms with E-state index in [2.05, 4.69) is 0 Å². The molecular formula is C9H8BrF3O. The second-order valence-corrected chi connectivity index (χ2v) is 4.01. The van der Waals surface area contributed by atoms with Gasteiger partial charge in [0.2, 0.25) is 0 Å². The zero-order valence-corrected chi connectivity index (χ0v) is 8.85. The van der Waals surface area contributed by atoms with Gasteiger partial charge >= 0.3 is 4.83 Å². The van der Waals surface area contributed by atoms with Crippen LogP contribution < -0.4 is 0 Å². The van der Waals surface area contributed by atoms with Gasteiger partial charge in [0.1, 0.15) is 5.82 Å². The van der Waals surface area contributed by atoms with Crippen molar-refractivity contribution in [3.8, 4) is 0 Å². The van der Waals surface area contributed by atoms with Crippen LogP contribution >= 0.6 is 15.9 Å². The zero-order chi connectivity index (χ0) is 10.9. The fraction of sp³-hybridized carbons (Fsp3) is 0.333. The number of aliphatic hydroxyl groups is 1. The highest BCUT2D eigenvalue weighted by Crippen LogP contribution is 2.36. The minimum Gasteiger partial charge on any atom is -0.381 e. The second kappa shape index (κ2) is 3.90. The van der Waals surface area contributed by atoms with Crippen molar-refractivity contribution in [2.45, 2.75) is 17.9 Å². The smallest absolute Gasteiger partial charge is 0.330 e. The number of rotatable bonds is 2. The topological polar surface area (TPSA) is 20.2 Å². The molecule has 0 saturated heterocycles. The molecule has 0 radical (unpaired) electrons. The molecule has 0 fully saturated rings. The lowest BCUT2D eigenvalue weighted by molar-refractivity contribution is -0.0295. The van der Waals surface area contributed by atoms with Gasteiger partial charge in [-0.1, -0.05) is 12.1 Å². The van der Waals surface area contributed by atoms with Crippen LogP contribution in [0.1, 0.15) is 17.2 Å². The number of benzene rings is 1. The van der Waals surface area contributed by atoms with Gasteiger partial charge in [0.15, 0.2) is 6.10 Å². The van der Waals surface area contributed by atoms with Gasteiger partial charge in [-0.2, -0.15) is 8.78 Å². The summed E-state index contributed by atoms with van der Waals surface area (Å²) in [7, 11) is 0. The van der Waals surface area contributed by atoms with Crippen LogP contribution in [-0.2, 0) is 0 Å². The molecule has 0 heterocycles. The fourth-order valence-corrected chi connectivity index (χ4v) is 1.23. The molecule has 0 saturated carbocycles. The first-order valence-corrected chi connectivity index (χ1v) is 4.62. The maximum atomic E-state index is 13.0. The van der Waals surface area contributed by atoms with Crippen LogP contribution in [-0.4, -0.2) is 9.94 Å². The Bertz CT molecular complexity index is 335. The molecule has 78 valence electrons. The van der Waals surface area contributed by atoms with Crippen molar-refractivity contribution < 1.29 is 18.3 Å². The highest BCUT2D eigenvalue weighted by Gasteiger charge is 2.36. The second-order valence-electron chi connectivity index (χ2n) is 2.95. The van der Waals surface area contributed by atoms with Gasteiger partial charge in [0.05, 0.1) is 0 Å². The summed E-state index contributed by atoms with van der Waals surface area (Å²) in [5.74, 6) is -0.613. The van der Waals surface area contributed by atoms with Crippen molar-refractivity contribution in [2.75, 3.05) is 0 Å². The van der Waals surface area contributed by atoms with Crippen LogP contribution in [0.5, 0.6) is 0 Å². The molecule has 0 aliphatic rings. The average molecular weight is 269 g/mol. The summed E-state index contributed by atoms with van der Waals surface area (Å²) in [6, 6.07) is 3.50. The van der Waals surface area contributed by atoms with Crippen LogP contribution in [0, 0.1) is 12.7 Å². The van der Waals surface area contributed by atoms with Gasteiger partial charge in [-0.05, 0) is 40.0 Å². The van der Waals surface area contributed by atoms with Crippen molar-refractivity contribution >= 4 is 15.9 Å². The highest BCUT2D eigenvalue weighted by molar-refractivity contribution is 9.10. The van der Waals surface area contributed by atoms with Crippen molar-refractivity contribution in [1.29, 1.82) is 0 Å². The van der Waals surface area contributed by atoms with Crippen molar-refractivity contribution in [3.63, 3.8) is 0 Å². The Hall–Kier alpha value is -0.550. The number of hydrogen-bond donors (Lipinski definition) is 1. The van der Waals surface area contributed by atoms with E-state index in [9.17, 15) is 13.2 Å². The lowest BCUT2D eigenvalue weighted by atomic mass is 10.1. The number of aryl methyl sites for hydroxylation is 1. The molecule has 1 aromatic rings. The molecule has 1 nitrogen and oxygen atoms in total. The van der Waals surface area contributed by atoms with Gasteiger partial charge in [-0.15, -0.1) is 0 Å². The minimum absolute atomic E-state index is 0.157. The Labute approximate surface area is 87.7 Å². The van der Waals surface area contributed by atoms with Crippen molar-refractivity contribution in [3.05, 3.63) is 35.1 Å². The summed E-state index contributed by atoms with van der Waals surface area (Å²) in [6.07, 6.45) is -2.04. The van der Waals surface area contributed by atoms with Crippen LogP contribution in [0.25, 0.3) is 0 Å². The lowest BCUT2D eigenvalue weighted by Gasteiger charge is -2.16. The molecule has 14 heavy (non-hydrogen) atoms. The van der Waals surface area contributed by atoms with E-state index in [1.807, 2.05) is 15.9 Å². The lowest BCUT2D eigenvalue weighted by Crippen LogP contribution is -2.18. The molecule has 0 aliphatic heterocycles. The Morgan fingerprint density at radius 3 is 2.43 bits per heavy atom. The van der Waals surface area contributed by atoms with Gasteiger partial charge in [0.25, 0.3) is 0 Å². The van der Waals surface area contributed by atoms with Crippen LogP contribution in [0.3, 0.4) is 0 Å². The fourth-order valence-electron chi connectivity index (χ4n) is 0.968. The van der Waals surface area contributed by atoms with Crippen molar-refractivity contribution in [2.24, 2.45) is 0 Å². The Morgan fingerprint density at radius 1 is 1.43 bits per heavy atom. The summed E-state index contributed by atoms with van der Waals surface area (Å²) < 4.78 is 38.1. The van der Waals surface area contributed by atoms with E-state index in [1.165, 1.54) is 19.1 Å². The maximum absolute atomic E-state index is 13.0. The number of alkyl halides is 3. The van der Waals surface area contributed by atoms with Crippen LogP contribution in [0.15, 0.2) is 18.2 Å². The molecule has 1 rings (SSSR count). The average Bonchev–Trinajstić information content (AvgIpc) is 2.07. The molecule has 5 heteroatoms. The van der Waals surface area contributed by atoms with E-state index in [-0.39, 0.29) is 5.56 Å². The predicted octanol–water partition coefficient (Wildman–Crippen LogP) is 3.16. The van der Waals surface area contributed by atoms with E-state index >= 15 is 0 Å². The largest absolute Gasteiger partial charge is 0.381 e. The maximum Gasteiger partial charge on any atom is 0.330 e. The zero-order valence-electron chi connectivity index (χ0n) is 7.27. The first-order valence-electron chi connectivity index (χ1n) is 3.83. The molecule has 0 bridgehead atoms. The Balaban J connectivity index is 3.03. The first kappa shape index (κ1) is 11.5. The quantitative estimate of drug-likeness (QED) is 0.817. The van der Waals surface area contributed by atoms with E-state index in [0.717, 1.165) is 6.07 Å². The van der Waals surface area contributed by atoms with E-state index < -0.39 is 16.8 Å². The van der Waals surface area contributed by atoms with Crippen LogP contribution in [0.2, 0.25) is 0 Å². The van der Waals surface area contributed by atoms with Gasteiger partial charge in [-0.3, -0.25) is 0 Å². The molecule has 0 aromatic heterocycles. The third kappa shape index (κ3) is 2.48. The highest BCUT2D eigenvalue weighted by atomic mass is 79.9. The summed E-state index contributed by atoms with van der Waals surface area (Å²) >= 11 is 2.02. The standard InChI is InChI=1S/C9H8BrF3O/c1-5-2-3-6(4-7(5)11)8(14)9(10,12)13/h2-4,8,14H,1H3. The summed E-state index contributed by atoms with van der Waals surface area (Å²) in [4.78, 5) is -3.45.